The minimum Gasteiger partial charge on any atom is -0.494 e. The lowest BCUT2D eigenvalue weighted by Crippen LogP contribution is -2.50. The number of hydrogen-bond acceptors (Lipinski definition) is 5. The van der Waals surface area contributed by atoms with Crippen LogP contribution in [0.4, 0.5) is 5.69 Å². The van der Waals surface area contributed by atoms with E-state index in [1.54, 1.807) is 48.5 Å². The zero-order valence-electron chi connectivity index (χ0n) is 18.3. The molecule has 0 aromatic heterocycles. The molecule has 0 aliphatic carbocycles. The first-order chi connectivity index (χ1) is 16.0. The molecule has 3 aromatic carbocycles. The lowest BCUT2D eigenvalue weighted by atomic mass is 10.2. The first-order valence-corrected chi connectivity index (χ1v) is 12.4. The number of nitrogens with zero attached hydrogens (tertiary/aromatic N) is 1. The van der Waals surface area contributed by atoms with E-state index in [4.69, 9.17) is 9.47 Å². The van der Waals surface area contributed by atoms with Crippen molar-refractivity contribution in [1.29, 1.82) is 0 Å². The Kier molecular flexibility index (Phi) is 6.84. The Balaban J connectivity index is 1.51. The van der Waals surface area contributed by atoms with Gasteiger partial charge in [-0.25, -0.2) is 8.42 Å². The topological polar surface area (TPSA) is 84.9 Å². The minimum atomic E-state index is -3.74. The maximum Gasteiger partial charge on any atom is 0.263 e. The van der Waals surface area contributed by atoms with E-state index in [1.165, 1.54) is 4.31 Å². The summed E-state index contributed by atoms with van der Waals surface area (Å²) in [6.07, 6.45) is -0.972. The third kappa shape index (κ3) is 5.46. The number of para-hydroxylation sites is 2. The fraction of sp³-hybridized carbons (Fsp3) is 0.240. The molecule has 172 valence electrons. The van der Waals surface area contributed by atoms with E-state index in [0.29, 0.717) is 23.6 Å². The predicted octanol–water partition coefficient (Wildman–Crippen LogP) is 3.50. The Morgan fingerprint density at radius 3 is 2.55 bits per heavy atom. The van der Waals surface area contributed by atoms with E-state index < -0.39 is 16.1 Å². The highest BCUT2D eigenvalue weighted by Gasteiger charge is 2.36. The molecule has 33 heavy (non-hydrogen) atoms. The van der Waals surface area contributed by atoms with Gasteiger partial charge < -0.3 is 14.8 Å². The highest BCUT2D eigenvalue weighted by molar-refractivity contribution is 7.92. The molecular formula is C25H26N2O5S. The molecule has 4 rings (SSSR count). The number of carbonyl (C=O) groups excluding carboxylic acids is 1. The Bertz CT molecular complexity index is 1210. The lowest BCUT2D eigenvalue weighted by Gasteiger charge is -2.34. The van der Waals surface area contributed by atoms with Crippen LogP contribution < -0.4 is 19.1 Å². The van der Waals surface area contributed by atoms with Gasteiger partial charge in [-0.05, 0) is 42.3 Å². The quantitative estimate of drug-likeness (QED) is 0.549. The Hall–Kier alpha value is -3.52. The lowest BCUT2D eigenvalue weighted by molar-refractivity contribution is -0.127. The second-order valence-corrected chi connectivity index (χ2v) is 9.54. The van der Waals surface area contributed by atoms with Crippen LogP contribution in [0.1, 0.15) is 18.1 Å². The zero-order valence-corrected chi connectivity index (χ0v) is 19.1. The summed E-state index contributed by atoms with van der Waals surface area (Å²) in [5.41, 5.74) is 1.98. The van der Waals surface area contributed by atoms with Crippen LogP contribution >= 0.6 is 0 Å². The number of ether oxygens (including phenoxy) is 2. The molecule has 1 atom stereocenters. The predicted molar refractivity (Wildman–Crippen MR) is 127 cm³/mol. The summed E-state index contributed by atoms with van der Waals surface area (Å²) < 4.78 is 39.2. The van der Waals surface area contributed by atoms with Crippen LogP contribution in [0.2, 0.25) is 0 Å². The first kappa shape index (κ1) is 22.7. The molecule has 1 aliphatic rings. The summed E-state index contributed by atoms with van der Waals surface area (Å²) in [5.74, 6) is 0.538. The van der Waals surface area contributed by atoms with E-state index in [1.807, 2.05) is 37.3 Å². The number of nitrogens with one attached hydrogen (secondary N) is 1. The van der Waals surface area contributed by atoms with Crippen LogP contribution in [0.3, 0.4) is 0 Å². The molecule has 1 N–H and O–H groups in total. The van der Waals surface area contributed by atoms with Crippen molar-refractivity contribution in [3.63, 3.8) is 0 Å². The molecule has 0 bridgehead atoms. The fourth-order valence-corrected chi connectivity index (χ4v) is 5.26. The molecule has 1 heterocycles. The standard InChI is InChI=1S/C25H26N2O5S/c1-2-31-21-12-8-11-20(15-21)16-26-25(28)24-17-27(22-13-6-7-14-23(22)32-24)33(29,30)18-19-9-4-3-5-10-19/h3-15,24H,2,16-18H2,1H3,(H,26,28)/t24-/m0/s1. The monoisotopic (exact) mass is 466 g/mol. The zero-order chi connectivity index (χ0) is 23.3. The fourth-order valence-electron chi connectivity index (χ4n) is 3.68. The largest absolute Gasteiger partial charge is 0.494 e. The van der Waals surface area contributed by atoms with Gasteiger partial charge in [0.15, 0.2) is 6.10 Å². The molecule has 0 fully saturated rings. The third-order valence-corrected chi connectivity index (χ3v) is 6.95. The number of sulfonamides is 1. The number of rotatable bonds is 8. The molecule has 3 aromatic rings. The van der Waals surface area contributed by atoms with Crippen LogP contribution in [-0.2, 0) is 27.1 Å². The number of fused-ring (bicyclic) bond motifs is 1. The van der Waals surface area contributed by atoms with Gasteiger partial charge in [0.2, 0.25) is 10.0 Å². The average Bonchev–Trinajstić information content (AvgIpc) is 2.82. The SMILES string of the molecule is CCOc1cccc(CNC(=O)[C@@H]2CN(S(=O)(=O)Cc3ccccc3)c3ccccc3O2)c1. The van der Waals surface area contributed by atoms with Crippen molar-refractivity contribution in [2.24, 2.45) is 0 Å². The number of benzene rings is 3. The molecule has 0 radical (unpaired) electrons. The van der Waals surface area contributed by atoms with Crippen molar-refractivity contribution >= 4 is 21.6 Å². The molecular weight excluding hydrogens is 440 g/mol. The molecule has 0 spiro atoms. The highest BCUT2D eigenvalue weighted by Crippen LogP contribution is 2.35. The van der Waals surface area contributed by atoms with E-state index in [9.17, 15) is 13.2 Å². The maximum atomic E-state index is 13.3. The Morgan fingerprint density at radius 1 is 1.03 bits per heavy atom. The Labute approximate surface area is 194 Å². The summed E-state index contributed by atoms with van der Waals surface area (Å²) in [5, 5.41) is 2.85. The molecule has 1 aliphatic heterocycles. The van der Waals surface area contributed by atoms with Gasteiger partial charge in [-0.3, -0.25) is 9.10 Å². The third-order valence-electron chi connectivity index (χ3n) is 5.23. The van der Waals surface area contributed by atoms with Crippen LogP contribution in [0.25, 0.3) is 0 Å². The molecule has 8 heteroatoms. The smallest absolute Gasteiger partial charge is 0.263 e. The molecule has 0 unspecified atom stereocenters. The van der Waals surface area contributed by atoms with E-state index in [-0.39, 0.29) is 24.7 Å². The normalized spacial score (nSPS) is 15.3. The Morgan fingerprint density at radius 2 is 1.76 bits per heavy atom. The van der Waals surface area contributed by atoms with E-state index in [2.05, 4.69) is 5.32 Å². The first-order valence-electron chi connectivity index (χ1n) is 10.8. The number of hydrogen-bond donors (Lipinski definition) is 1. The highest BCUT2D eigenvalue weighted by atomic mass is 32.2. The second-order valence-electron chi connectivity index (χ2n) is 7.65. The second kappa shape index (κ2) is 9.95. The van der Waals surface area contributed by atoms with Gasteiger partial charge in [-0.1, -0.05) is 54.6 Å². The van der Waals surface area contributed by atoms with E-state index in [0.717, 1.165) is 11.3 Å². The molecule has 1 amide bonds. The van der Waals surface area contributed by atoms with E-state index >= 15 is 0 Å². The van der Waals surface area contributed by atoms with Gasteiger partial charge in [0.1, 0.15) is 11.5 Å². The summed E-state index contributed by atoms with van der Waals surface area (Å²) in [4.78, 5) is 12.9. The summed E-state index contributed by atoms with van der Waals surface area (Å²) >= 11 is 0. The van der Waals surface area contributed by atoms with Crippen molar-refractivity contribution < 1.29 is 22.7 Å². The van der Waals surface area contributed by atoms with Gasteiger partial charge in [0.25, 0.3) is 5.91 Å². The number of carbonyl (C=O) groups is 1. The van der Waals surface area contributed by atoms with Crippen molar-refractivity contribution in [3.8, 4) is 11.5 Å². The summed E-state index contributed by atoms with van der Waals surface area (Å²) in [6.45, 7) is 2.64. The van der Waals surface area contributed by atoms with Gasteiger partial charge in [-0.15, -0.1) is 0 Å². The number of amides is 1. The van der Waals surface area contributed by atoms with Crippen LogP contribution in [0, 0.1) is 0 Å². The van der Waals surface area contributed by atoms with Crippen LogP contribution in [0.15, 0.2) is 78.9 Å². The van der Waals surface area contributed by atoms with Crippen molar-refractivity contribution in [3.05, 3.63) is 90.0 Å². The summed E-state index contributed by atoms with van der Waals surface area (Å²) in [6, 6.07) is 23.3. The molecule has 0 saturated heterocycles. The van der Waals surface area contributed by atoms with Crippen molar-refractivity contribution in [2.75, 3.05) is 17.5 Å². The average molecular weight is 467 g/mol. The molecule has 0 saturated carbocycles. The maximum absolute atomic E-state index is 13.3. The van der Waals surface area contributed by atoms with Crippen molar-refractivity contribution in [1.82, 2.24) is 5.32 Å². The minimum absolute atomic E-state index is 0.100. The van der Waals surface area contributed by atoms with Gasteiger partial charge in [-0.2, -0.15) is 0 Å². The summed E-state index contributed by atoms with van der Waals surface area (Å²) in [7, 11) is -3.74. The van der Waals surface area contributed by atoms with Crippen LogP contribution in [-0.4, -0.2) is 33.6 Å². The van der Waals surface area contributed by atoms with Crippen LogP contribution in [0.5, 0.6) is 11.5 Å². The number of anilines is 1. The van der Waals surface area contributed by atoms with Crippen molar-refractivity contribution in [2.45, 2.75) is 25.3 Å². The van der Waals surface area contributed by atoms with Gasteiger partial charge >= 0.3 is 0 Å². The van der Waals surface area contributed by atoms with Gasteiger partial charge in [0, 0.05) is 6.54 Å². The molecule has 7 nitrogen and oxygen atoms in total. The van der Waals surface area contributed by atoms with Gasteiger partial charge in [0.05, 0.1) is 24.6 Å².